The predicted molar refractivity (Wildman–Crippen MR) is 76.0 cm³/mol. The van der Waals surface area contributed by atoms with Crippen molar-refractivity contribution >= 4 is 8.73 Å². The van der Waals surface area contributed by atoms with Gasteiger partial charge in [-0.2, -0.15) is 9.25 Å². The summed E-state index contributed by atoms with van der Waals surface area (Å²) in [6.07, 6.45) is 0. The fourth-order valence-corrected chi connectivity index (χ4v) is 3.46. The smallest absolute Gasteiger partial charge is 0.131 e. The van der Waals surface area contributed by atoms with Crippen LogP contribution in [0.4, 0.5) is 0 Å². The van der Waals surface area contributed by atoms with Gasteiger partial charge in [-0.3, -0.25) is 0 Å². The van der Waals surface area contributed by atoms with Crippen LogP contribution in [0.25, 0.3) is 0 Å². The van der Waals surface area contributed by atoms with Crippen LogP contribution < -0.4 is 0 Å². The van der Waals surface area contributed by atoms with Crippen molar-refractivity contribution in [2.24, 2.45) is 0 Å². The lowest BCUT2D eigenvalue weighted by molar-refractivity contribution is -1.04. The van der Waals surface area contributed by atoms with Gasteiger partial charge in [0, 0.05) is 6.66 Å². The summed E-state index contributed by atoms with van der Waals surface area (Å²) in [5.41, 5.74) is 1.24. The zero-order chi connectivity index (χ0) is 12.9. The van der Waals surface area contributed by atoms with E-state index in [4.69, 9.17) is 4.84 Å². The largest absolute Gasteiger partial charge is 0.197 e. The van der Waals surface area contributed by atoms with Gasteiger partial charge in [-0.25, -0.2) is 0 Å². The van der Waals surface area contributed by atoms with Gasteiger partial charge in [0.25, 0.3) is 0 Å². The molecule has 0 aliphatic rings. The van der Waals surface area contributed by atoms with Crippen molar-refractivity contribution in [3.63, 3.8) is 0 Å². The topological polar surface area (TPSA) is 9.23 Å². The second-order valence-electron chi connectivity index (χ2n) is 4.88. The van der Waals surface area contributed by atoms with Crippen molar-refractivity contribution < 1.29 is 9.25 Å². The molecule has 1 unspecified atom stereocenters. The molecule has 1 aromatic carbocycles. The molecular formula is C14H25NOP+. The SMILES string of the molecule is CP[N+](OCc1ccccc1)(C(C)C)C(C)C. The van der Waals surface area contributed by atoms with Crippen LogP contribution in [0.2, 0.25) is 0 Å². The molecule has 0 aromatic heterocycles. The zero-order valence-electron chi connectivity index (χ0n) is 11.6. The number of benzene rings is 1. The summed E-state index contributed by atoms with van der Waals surface area (Å²) in [5, 5.41) is 0. The number of hydrogen-bond acceptors (Lipinski definition) is 1. The molecule has 0 radical (unpaired) electrons. The molecule has 0 amide bonds. The summed E-state index contributed by atoms with van der Waals surface area (Å²) in [5.74, 6) is 0. The van der Waals surface area contributed by atoms with Crippen LogP contribution in [-0.4, -0.2) is 23.2 Å². The van der Waals surface area contributed by atoms with E-state index >= 15 is 0 Å². The van der Waals surface area contributed by atoms with Crippen molar-refractivity contribution in [1.82, 2.24) is 0 Å². The Morgan fingerprint density at radius 1 is 1.06 bits per heavy atom. The lowest BCUT2D eigenvalue weighted by Gasteiger charge is -2.41. The van der Waals surface area contributed by atoms with E-state index in [1.165, 1.54) is 5.56 Å². The van der Waals surface area contributed by atoms with E-state index in [-0.39, 0.29) is 0 Å². The van der Waals surface area contributed by atoms with Gasteiger partial charge in [0.05, 0.1) is 0 Å². The number of nitrogens with zero attached hydrogens (tertiary/aromatic N) is 1. The van der Waals surface area contributed by atoms with Gasteiger partial charge in [0.2, 0.25) is 0 Å². The summed E-state index contributed by atoms with van der Waals surface area (Å²) in [4.78, 5) is 6.24. The first-order chi connectivity index (χ1) is 8.03. The minimum atomic E-state index is 0.488. The Labute approximate surface area is 107 Å². The molecule has 0 spiro atoms. The molecule has 0 aliphatic carbocycles. The van der Waals surface area contributed by atoms with Gasteiger partial charge in [0.15, 0.2) is 0 Å². The van der Waals surface area contributed by atoms with E-state index < -0.39 is 0 Å². The minimum Gasteiger partial charge on any atom is -0.197 e. The fraction of sp³-hybridized carbons (Fsp3) is 0.571. The molecule has 17 heavy (non-hydrogen) atoms. The molecule has 0 N–H and O–H groups in total. The summed E-state index contributed by atoms with van der Waals surface area (Å²) in [6.45, 7) is 11.9. The first kappa shape index (κ1) is 14.6. The van der Waals surface area contributed by atoms with Crippen LogP contribution in [0.3, 0.4) is 0 Å². The highest BCUT2D eigenvalue weighted by Gasteiger charge is 2.36. The molecule has 0 bridgehead atoms. The fourth-order valence-electron chi connectivity index (χ4n) is 2.23. The highest BCUT2D eigenvalue weighted by atomic mass is 31.1. The van der Waals surface area contributed by atoms with E-state index in [2.05, 4.69) is 58.6 Å². The average molecular weight is 254 g/mol. The lowest BCUT2D eigenvalue weighted by atomic mass is 10.2. The van der Waals surface area contributed by atoms with Crippen LogP contribution in [0.5, 0.6) is 0 Å². The monoisotopic (exact) mass is 254 g/mol. The number of quaternary nitrogens is 1. The number of rotatable bonds is 6. The minimum absolute atomic E-state index is 0.488. The van der Waals surface area contributed by atoms with Gasteiger partial charge in [-0.15, -0.1) is 0 Å². The molecule has 0 fully saturated rings. The van der Waals surface area contributed by atoms with Crippen LogP contribution in [0.1, 0.15) is 33.3 Å². The molecule has 1 atom stereocenters. The maximum atomic E-state index is 6.24. The third-order valence-corrected chi connectivity index (χ3v) is 5.03. The number of hydroxylamine groups is 2. The van der Waals surface area contributed by atoms with E-state index in [0.717, 1.165) is 13.1 Å². The van der Waals surface area contributed by atoms with Gasteiger partial charge in [-0.1, -0.05) is 30.3 Å². The Morgan fingerprint density at radius 2 is 1.59 bits per heavy atom. The molecule has 1 rings (SSSR count). The van der Waals surface area contributed by atoms with E-state index in [0.29, 0.717) is 18.7 Å². The third kappa shape index (κ3) is 3.51. The number of hydrogen-bond donors (Lipinski definition) is 0. The summed E-state index contributed by atoms with van der Waals surface area (Å²) < 4.78 is 0.745. The molecule has 2 nitrogen and oxygen atoms in total. The Hall–Kier alpha value is -0.430. The highest BCUT2D eigenvalue weighted by molar-refractivity contribution is 7.30. The molecule has 1 aromatic rings. The van der Waals surface area contributed by atoms with Gasteiger partial charge in [-0.05, 0) is 33.3 Å². The predicted octanol–water partition coefficient (Wildman–Crippen LogP) is 3.98. The van der Waals surface area contributed by atoms with Crippen LogP contribution in [0, 0.1) is 0 Å². The van der Waals surface area contributed by atoms with Crippen molar-refractivity contribution in [3.8, 4) is 0 Å². The molecule has 0 aliphatic heterocycles. The summed E-state index contributed by atoms with van der Waals surface area (Å²) in [7, 11) is 0.747. The van der Waals surface area contributed by atoms with Crippen LogP contribution in [-0.2, 0) is 11.4 Å². The quantitative estimate of drug-likeness (QED) is 0.551. The standard InChI is InChI=1S/C14H25NOP/c1-12(2)15(17-5,13(3)4)16-11-14-9-7-6-8-10-14/h6-10,12-13,17H,11H2,1-5H3/q+1. The molecule has 0 saturated heterocycles. The Morgan fingerprint density at radius 3 is 2.00 bits per heavy atom. The van der Waals surface area contributed by atoms with Crippen LogP contribution >= 0.6 is 8.73 Å². The normalized spacial score (nSPS) is 13.1. The van der Waals surface area contributed by atoms with E-state index in [9.17, 15) is 0 Å². The lowest BCUT2D eigenvalue weighted by Crippen LogP contribution is -2.50. The molecule has 96 valence electrons. The Balaban J connectivity index is 2.74. The van der Waals surface area contributed by atoms with E-state index in [1.54, 1.807) is 0 Å². The van der Waals surface area contributed by atoms with Crippen molar-refractivity contribution in [2.75, 3.05) is 6.66 Å². The van der Waals surface area contributed by atoms with Crippen molar-refractivity contribution in [1.29, 1.82) is 0 Å². The maximum Gasteiger partial charge on any atom is 0.131 e. The molecule has 0 saturated carbocycles. The second-order valence-corrected chi connectivity index (χ2v) is 6.03. The van der Waals surface area contributed by atoms with Crippen LogP contribution in [0.15, 0.2) is 30.3 Å². The van der Waals surface area contributed by atoms with Gasteiger partial charge < -0.3 is 0 Å². The highest BCUT2D eigenvalue weighted by Crippen LogP contribution is 2.35. The molecular weight excluding hydrogens is 229 g/mol. The Kier molecular flexibility index (Phi) is 5.58. The summed E-state index contributed by atoms with van der Waals surface area (Å²) >= 11 is 0. The first-order valence-corrected chi connectivity index (χ1v) is 7.73. The van der Waals surface area contributed by atoms with Gasteiger partial charge in [0.1, 0.15) is 27.4 Å². The summed E-state index contributed by atoms with van der Waals surface area (Å²) in [6, 6.07) is 11.4. The zero-order valence-corrected chi connectivity index (χ0v) is 12.6. The Bertz CT molecular complexity index is 316. The maximum absolute atomic E-state index is 6.24. The third-order valence-electron chi connectivity index (χ3n) is 3.17. The second kappa shape index (κ2) is 6.49. The van der Waals surface area contributed by atoms with Gasteiger partial charge >= 0.3 is 0 Å². The first-order valence-electron chi connectivity index (χ1n) is 6.28. The molecule has 0 heterocycles. The van der Waals surface area contributed by atoms with Crippen molar-refractivity contribution in [2.45, 2.75) is 46.4 Å². The average Bonchev–Trinajstić information content (AvgIpc) is 2.31. The molecule has 3 heteroatoms. The van der Waals surface area contributed by atoms with E-state index in [1.807, 2.05) is 6.07 Å². The van der Waals surface area contributed by atoms with Crippen molar-refractivity contribution in [3.05, 3.63) is 35.9 Å².